The number of nitrogens with one attached hydrogen (secondary N) is 1. The Morgan fingerprint density at radius 1 is 1.19 bits per heavy atom. The Bertz CT molecular complexity index is 846. The number of carbonyl (C=O) groups excluding carboxylic acids is 1. The fourth-order valence-corrected chi connectivity index (χ4v) is 3.17. The molecule has 0 heterocycles. The van der Waals surface area contributed by atoms with Crippen LogP contribution in [-0.4, -0.2) is 29.1 Å². The number of aliphatic carboxylic acids is 1. The van der Waals surface area contributed by atoms with E-state index in [1.807, 2.05) is 61.5 Å². The number of hydrogen-bond donors (Lipinski definition) is 2. The van der Waals surface area contributed by atoms with E-state index < -0.39 is 17.4 Å². The van der Waals surface area contributed by atoms with Crippen molar-refractivity contribution in [2.75, 3.05) is 6.61 Å². The number of carboxylic acid groups (broad SMARTS) is 1. The number of carboxylic acids is 1. The van der Waals surface area contributed by atoms with E-state index in [9.17, 15) is 14.7 Å². The van der Waals surface area contributed by atoms with E-state index in [2.05, 4.69) is 5.32 Å². The molecule has 0 aliphatic heterocycles. The Hall–Kier alpha value is -3.08. The molecule has 2 aromatic carbocycles. The minimum Gasteiger partial charge on any atom is -0.493 e. The van der Waals surface area contributed by atoms with Crippen molar-refractivity contribution in [2.24, 2.45) is 0 Å². The molecule has 1 aliphatic carbocycles. The summed E-state index contributed by atoms with van der Waals surface area (Å²) < 4.78 is 5.67. The van der Waals surface area contributed by atoms with Gasteiger partial charge in [0.25, 0.3) is 0 Å². The Morgan fingerprint density at radius 2 is 1.89 bits per heavy atom. The quantitative estimate of drug-likeness (QED) is 0.701. The normalized spacial score (nSPS) is 21.0. The zero-order valence-electron chi connectivity index (χ0n) is 15.2. The van der Waals surface area contributed by atoms with E-state index in [4.69, 9.17) is 4.74 Å². The molecular formula is C22H23NO4. The van der Waals surface area contributed by atoms with Crippen LogP contribution in [0.15, 0.2) is 60.7 Å². The number of para-hydroxylation sites is 1. The van der Waals surface area contributed by atoms with E-state index in [1.165, 1.54) is 6.08 Å². The summed E-state index contributed by atoms with van der Waals surface area (Å²) in [5.41, 5.74) is 0.462. The summed E-state index contributed by atoms with van der Waals surface area (Å²) in [5, 5.41) is 12.3. The van der Waals surface area contributed by atoms with Crippen LogP contribution in [0.25, 0.3) is 6.08 Å². The molecule has 0 radical (unpaired) electrons. The van der Waals surface area contributed by atoms with Gasteiger partial charge >= 0.3 is 5.97 Å². The van der Waals surface area contributed by atoms with Gasteiger partial charge in [0.05, 0.1) is 6.61 Å². The first-order chi connectivity index (χ1) is 13.1. The van der Waals surface area contributed by atoms with Gasteiger partial charge in [-0.15, -0.1) is 0 Å². The van der Waals surface area contributed by atoms with Gasteiger partial charge in [0.2, 0.25) is 5.91 Å². The lowest BCUT2D eigenvalue weighted by Gasteiger charge is -2.14. The lowest BCUT2D eigenvalue weighted by molar-refractivity contribution is -0.142. The second-order valence-corrected chi connectivity index (χ2v) is 6.65. The minimum atomic E-state index is -1.24. The monoisotopic (exact) mass is 365 g/mol. The van der Waals surface area contributed by atoms with Gasteiger partial charge < -0.3 is 15.2 Å². The van der Waals surface area contributed by atoms with Gasteiger partial charge in [0.1, 0.15) is 11.3 Å². The lowest BCUT2D eigenvalue weighted by Crippen LogP contribution is -2.43. The molecule has 0 saturated heterocycles. The van der Waals surface area contributed by atoms with Gasteiger partial charge in [0, 0.05) is 17.6 Å². The third-order valence-corrected chi connectivity index (χ3v) is 4.69. The van der Waals surface area contributed by atoms with Crippen molar-refractivity contribution >= 4 is 18.0 Å². The van der Waals surface area contributed by atoms with Crippen molar-refractivity contribution in [2.45, 2.75) is 31.2 Å². The number of amides is 1. The molecule has 2 aromatic rings. The third-order valence-electron chi connectivity index (χ3n) is 4.69. The highest BCUT2D eigenvalue weighted by Gasteiger charge is 2.62. The van der Waals surface area contributed by atoms with Gasteiger partial charge in [-0.05, 0) is 30.5 Å². The van der Waals surface area contributed by atoms with E-state index in [1.54, 1.807) is 6.08 Å². The molecule has 5 nitrogen and oxygen atoms in total. The molecule has 0 spiro atoms. The van der Waals surface area contributed by atoms with Crippen molar-refractivity contribution in [1.82, 2.24) is 5.32 Å². The number of benzene rings is 2. The summed E-state index contributed by atoms with van der Waals surface area (Å²) in [6, 6.07) is 16.8. The fourth-order valence-electron chi connectivity index (χ4n) is 3.17. The fraction of sp³-hybridized carbons (Fsp3) is 0.273. The first-order valence-corrected chi connectivity index (χ1v) is 9.07. The van der Waals surface area contributed by atoms with Crippen LogP contribution in [0.3, 0.4) is 0 Å². The van der Waals surface area contributed by atoms with Crippen LogP contribution in [0, 0.1) is 0 Å². The molecular weight excluding hydrogens is 342 g/mol. The first kappa shape index (κ1) is 18.7. The van der Waals surface area contributed by atoms with E-state index in [0.29, 0.717) is 18.8 Å². The maximum atomic E-state index is 12.4. The van der Waals surface area contributed by atoms with E-state index in [-0.39, 0.29) is 5.92 Å². The third kappa shape index (κ3) is 4.19. The van der Waals surface area contributed by atoms with Gasteiger partial charge in [-0.3, -0.25) is 4.79 Å². The van der Waals surface area contributed by atoms with Gasteiger partial charge in [-0.1, -0.05) is 55.5 Å². The number of carbonyl (C=O) groups is 2. The summed E-state index contributed by atoms with van der Waals surface area (Å²) in [6.07, 6.45) is 4.29. The van der Waals surface area contributed by atoms with Crippen LogP contribution in [0.2, 0.25) is 0 Å². The maximum Gasteiger partial charge on any atom is 0.330 e. The number of hydrogen-bond acceptors (Lipinski definition) is 3. The van der Waals surface area contributed by atoms with Crippen LogP contribution in [0.1, 0.15) is 36.8 Å². The Kier molecular flexibility index (Phi) is 5.60. The molecule has 5 heteroatoms. The standard InChI is InChI=1S/C22H23NO4/c1-2-14-27-19-11-7-6-10-17(19)12-13-20(24)23-22(21(25)26)15-18(22)16-8-4-3-5-9-16/h3-13,18H,2,14-15H2,1H3,(H,23,24)(H,25,26)/b13-12+. The largest absolute Gasteiger partial charge is 0.493 e. The number of rotatable bonds is 8. The molecule has 0 aromatic heterocycles. The average molecular weight is 365 g/mol. The Balaban J connectivity index is 1.70. The summed E-state index contributed by atoms with van der Waals surface area (Å²) in [4.78, 5) is 24.2. The topological polar surface area (TPSA) is 75.6 Å². The van der Waals surface area contributed by atoms with Crippen molar-refractivity contribution in [3.05, 3.63) is 71.8 Å². The molecule has 0 bridgehead atoms. The molecule has 2 unspecified atom stereocenters. The van der Waals surface area contributed by atoms with Gasteiger partial charge in [0.15, 0.2) is 0 Å². The number of ether oxygens (including phenoxy) is 1. The molecule has 1 fully saturated rings. The predicted molar refractivity (Wildman–Crippen MR) is 104 cm³/mol. The summed E-state index contributed by atoms with van der Waals surface area (Å²) in [7, 11) is 0. The Labute approximate surface area is 158 Å². The van der Waals surface area contributed by atoms with Gasteiger partial charge in [-0.25, -0.2) is 4.79 Å². The van der Waals surface area contributed by atoms with E-state index >= 15 is 0 Å². The van der Waals surface area contributed by atoms with Crippen LogP contribution in [-0.2, 0) is 9.59 Å². The summed E-state index contributed by atoms with van der Waals surface area (Å²) >= 11 is 0. The highest BCUT2D eigenvalue weighted by atomic mass is 16.5. The molecule has 27 heavy (non-hydrogen) atoms. The smallest absolute Gasteiger partial charge is 0.330 e. The average Bonchev–Trinajstić information content (AvgIpc) is 3.41. The molecule has 1 amide bonds. The molecule has 2 N–H and O–H groups in total. The molecule has 1 aliphatic rings. The predicted octanol–water partition coefficient (Wildman–Crippen LogP) is 3.62. The Morgan fingerprint density at radius 3 is 2.59 bits per heavy atom. The van der Waals surface area contributed by atoms with Crippen LogP contribution >= 0.6 is 0 Å². The van der Waals surface area contributed by atoms with Crippen molar-refractivity contribution in [3.8, 4) is 5.75 Å². The van der Waals surface area contributed by atoms with E-state index in [0.717, 1.165) is 17.5 Å². The molecule has 2 atom stereocenters. The summed E-state index contributed by atoms with van der Waals surface area (Å²) in [6.45, 7) is 2.62. The molecule has 140 valence electrons. The zero-order chi connectivity index (χ0) is 19.3. The minimum absolute atomic E-state index is 0.214. The van der Waals surface area contributed by atoms with Crippen molar-refractivity contribution in [1.29, 1.82) is 0 Å². The maximum absolute atomic E-state index is 12.4. The van der Waals surface area contributed by atoms with Crippen LogP contribution in [0.4, 0.5) is 0 Å². The lowest BCUT2D eigenvalue weighted by atomic mass is 10.1. The van der Waals surface area contributed by atoms with Crippen molar-refractivity contribution in [3.63, 3.8) is 0 Å². The SMILES string of the molecule is CCCOc1ccccc1/C=C/C(=O)NC1(C(=O)O)CC1c1ccccc1. The first-order valence-electron chi connectivity index (χ1n) is 9.07. The summed E-state index contributed by atoms with van der Waals surface area (Å²) in [5.74, 6) is -0.954. The van der Waals surface area contributed by atoms with Crippen LogP contribution < -0.4 is 10.1 Å². The molecule has 1 saturated carbocycles. The second-order valence-electron chi connectivity index (χ2n) is 6.65. The van der Waals surface area contributed by atoms with Crippen LogP contribution in [0.5, 0.6) is 5.75 Å². The zero-order valence-corrected chi connectivity index (χ0v) is 15.2. The second kappa shape index (κ2) is 8.08. The van der Waals surface area contributed by atoms with Crippen molar-refractivity contribution < 1.29 is 19.4 Å². The highest BCUT2D eigenvalue weighted by Crippen LogP contribution is 2.51. The highest BCUT2D eigenvalue weighted by molar-refractivity contribution is 5.98. The van der Waals surface area contributed by atoms with Gasteiger partial charge in [-0.2, -0.15) is 0 Å². The molecule has 3 rings (SSSR count).